The molecule has 2 nitrogen and oxygen atoms in total. The summed E-state index contributed by atoms with van der Waals surface area (Å²) < 4.78 is 0. The Morgan fingerprint density at radius 2 is 1.81 bits per heavy atom. The van der Waals surface area contributed by atoms with Crippen molar-refractivity contribution >= 4 is 0 Å². The molecule has 2 heteroatoms. The molecule has 2 rings (SSSR count). The summed E-state index contributed by atoms with van der Waals surface area (Å²) in [5.74, 6) is 0.908. The predicted octanol–water partition coefficient (Wildman–Crippen LogP) is 2.77. The van der Waals surface area contributed by atoms with E-state index in [0.29, 0.717) is 11.1 Å². The molecule has 0 unspecified atom stereocenters. The summed E-state index contributed by atoms with van der Waals surface area (Å²) >= 11 is 0. The number of likely N-dealkylation sites (tertiary alicyclic amines) is 1. The zero-order chi connectivity index (χ0) is 11.8. The molecule has 1 saturated carbocycles. The molecule has 0 atom stereocenters. The van der Waals surface area contributed by atoms with Crippen LogP contribution < -0.4 is 5.73 Å². The van der Waals surface area contributed by atoms with E-state index < -0.39 is 0 Å². The SMILES string of the molecule is CC1CCC(CN)(N2CCCC2(C)C)CC1. The van der Waals surface area contributed by atoms with Crippen molar-refractivity contribution in [1.29, 1.82) is 0 Å². The lowest BCUT2D eigenvalue weighted by molar-refractivity contribution is -0.000596. The van der Waals surface area contributed by atoms with E-state index in [4.69, 9.17) is 5.73 Å². The highest BCUT2D eigenvalue weighted by Crippen LogP contribution is 2.43. The summed E-state index contributed by atoms with van der Waals surface area (Å²) in [6.45, 7) is 9.29. The Hall–Kier alpha value is -0.0800. The first kappa shape index (κ1) is 12.4. The van der Waals surface area contributed by atoms with Crippen molar-refractivity contribution in [1.82, 2.24) is 4.90 Å². The number of nitrogens with two attached hydrogens (primary N) is 1. The molecule has 1 heterocycles. The van der Waals surface area contributed by atoms with Crippen LogP contribution in [-0.2, 0) is 0 Å². The summed E-state index contributed by atoms with van der Waals surface area (Å²) in [4.78, 5) is 2.74. The first-order valence-electron chi connectivity index (χ1n) is 6.98. The maximum Gasteiger partial charge on any atom is 0.0337 e. The van der Waals surface area contributed by atoms with Crippen molar-refractivity contribution in [2.45, 2.75) is 70.4 Å². The third-order valence-corrected chi connectivity index (χ3v) is 5.06. The monoisotopic (exact) mass is 224 g/mol. The number of rotatable bonds is 2. The summed E-state index contributed by atoms with van der Waals surface area (Å²) in [6.07, 6.45) is 8.05. The van der Waals surface area contributed by atoms with Crippen molar-refractivity contribution in [2.75, 3.05) is 13.1 Å². The van der Waals surface area contributed by atoms with Gasteiger partial charge in [-0.3, -0.25) is 4.90 Å². The number of hydrogen-bond donors (Lipinski definition) is 1. The van der Waals surface area contributed by atoms with E-state index in [9.17, 15) is 0 Å². The van der Waals surface area contributed by atoms with Crippen molar-refractivity contribution in [2.24, 2.45) is 11.7 Å². The lowest BCUT2D eigenvalue weighted by Gasteiger charge is -2.51. The van der Waals surface area contributed by atoms with Gasteiger partial charge in [-0.05, 0) is 64.8 Å². The van der Waals surface area contributed by atoms with Crippen LogP contribution in [0.15, 0.2) is 0 Å². The largest absolute Gasteiger partial charge is 0.329 e. The number of nitrogens with zero attached hydrogens (tertiary/aromatic N) is 1. The fraction of sp³-hybridized carbons (Fsp3) is 1.00. The smallest absolute Gasteiger partial charge is 0.0337 e. The summed E-state index contributed by atoms with van der Waals surface area (Å²) in [7, 11) is 0. The van der Waals surface area contributed by atoms with Gasteiger partial charge in [0.1, 0.15) is 0 Å². The molecule has 1 saturated heterocycles. The van der Waals surface area contributed by atoms with Crippen LogP contribution in [0.1, 0.15) is 59.3 Å². The zero-order valence-electron chi connectivity index (χ0n) is 11.3. The Labute approximate surface area is 101 Å². The average Bonchev–Trinajstić information content (AvgIpc) is 2.61. The van der Waals surface area contributed by atoms with Gasteiger partial charge in [0.15, 0.2) is 0 Å². The maximum absolute atomic E-state index is 6.14. The van der Waals surface area contributed by atoms with Crippen LogP contribution in [0.5, 0.6) is 0 Å². The minimum Gasteiger partial charge on any atom is -0.329 e. The average molecular weight is 224 g/mol. The molecule has 16 heavy (non-hydrogen) atoms. The Morgan fingerprint density at radius 3 is 2.25 bits per heavy atom. The van der Waals surface area contributed by atoms with Crippen LogP contribution in [0.4, 0.5) is 0 Å². The topological polar surface area (TPSA) is 29.3 Å². The molecule has 1 aliphatic carbocycles. The molecule has 0 amide bonds. The Bertz CT molecular complexity index is 239. The fourth-order valence-electron chi connectivity index (χ4n) is 3.87. The molecule has 2 aliphatic rings. The van der Waals surface area contributed by atoms with Gasteiger partial charge in [-0.25, -0.2) is 0 Å². The molecule has 0 spiro atoms. The van der Waals surface area contributed by atoms with Gasteiger partial charge in [0.25, 0.3) is 0 Å². The molecular weight excluding hydrogens is 196 g/mol. The van der Waals surface area contributed by atoms with Crippen LogP contribution >= 0.6 is 0 Å². The second-order valence-electron chi connectivity index (χ2n) is 6.68. The van der Waals surface area contributed by atoms with E-state index in [1.165, 1.54) is 45.1 Å². The van der Waals surface area contributed by atoms with Crippen molar-refractivity contribution < 1.29 is 0 Å². The predicted molar refractivity (Wildman–Crippen MR) is 69.4 cm³/mol. The van der Waals surface area contributed by atoms with Gasteiger partial charge in [-0.1, -0.05) is 6.92 Å². The molecule has 0 aromatic carbocycles. The van der Waals surface area contributed by atoms with Crippen LogP contribution in [0, 0.1) is 5.92 Å². The quantitative estimate of drug-likeness (QED) is 0.781. The summed E-state index contributed by atoms with van der Waals surface area (Å²) in [5.41, 5.74) is 6.84. The molecule has 2 fully saturated rings. The highest BCUT2D eigenvalue weighted by Gasteiger charge is 2.46. The normalized spacial score (nSPS) is 40.1. The van der Waals surface area contributed by atoms with Gasteiger partial charge in [0.2, 0.25) is 0 Å². The molecule has 0 radical (unpaired) electrons. The first-order valence-corrected chi connectivity index (χ1v) is 6.98. The van der Waals surface area contributed by atoms with Crippen molar-refractivity contribution in [3.05, 3.63) is 0 Å². The van der Waals surface area contributed by atoms with Crippen LogP contribution in [-0.4, -0.2) is 29.1 Å². The van der Waals surface area contributed by atoms with Crippen LogP contribution in [0.2, 0.25) is 0 Å². The van der Waals surface area contributed by atoms with Gasteiger partial charge in [-0.2, -0.15) is 0 Å². The fourth-order valence-corrected chi connectivity index (χ4v) is 3.87. The lowest BCUT2D eigenvalue weighted by Crippen LogP contribution is -2.60. The highest BCUT2D eigenvalue weighted by molar-refractivity contribution is 5.03. The van der Waals surface area contributed by atoms with Crippen LogP contribution in [0.3, 0.4) is 0 Å². The Balaban J connectivity index is 2.15. The van der Waals surface area contributed by atoms with Gasteiger partial charge < -0.3 is 5.73 Å². The third-order valence-electron chi connectivity index (χ3n) is 5.06. The van der Waals surface area contributed by atoms with E-state index in [1.54, 1.807) is 0 Å². The minimum atomic E-state index is 0.326. The first-order chi connectivity index (χ1) is 7.50. The van der Waals surface area contributed by atoms with E-state index >= 15 is 0 Å². The van der Waals surface area contributed by atoms with E-state index in [2.05, 4.69) is 25.7 Å². The van der Waals surface area contributed by atoms with Crippen molar-refractivity contribution in [3.8, 4) is 0 Å². The van der Waals surface area contributed by atoms with Gasteiger partial charge >= 0.3 is 0 Å². The molecule has 0 aromatic heterocycles. The second-order valence-corrected chi connectivity index (χ2v) is 6.68. The molecular formula is C14H28N2. The Morgan fingerprint density at radius 1 is 1.19 bits per heavy atom. The molecule has 1 aliphatic heterocycles. The van der Waals surface area contributed by atoms with Crippen molar-refractivity contribution in [3.63, 3.8) is 0 Å². The van der Waals surface area contributed by atoms with E-state index in [1.807, 2.05) is 0 Å². The maximum atomic E-state index is 6.14. The minimum absolute atomic E-state index is 0.326. The second kappa shape index (κ2) is 4.30. The third kappa shape index (κ3) is 2.02. The van der Waals surface area contributed by atoms with E-state index in [0.717, 1.165) is 12.5 Å². The van der Waals surface area contributed by atoms with Gasteiger partial charge in [0, 0.05) is 17.6 Å². The molecule has 0 aromatic rings. The summed E-state index contributed by atoms with van der Waals surface area (Å²) in [5, 5.41) is 0. The summed E-state index contributed by atoms with van der Waals surface area (Å²) in [6, 6.07) is 0. The molecule has 94 valence electrons. The van der Waals surface area contributed by atoms with E-state index in [-0.39, 0.29) is 0 Å². The molecule has 0 bridgehead atoms. The van der Waals surface area contributed by atoms with Gasteiger partial charge in [0.05, 0.1) is 0 Å². The van der Waals surface area contributed by atoms with Crippen LogP contribution in [0.25, 0.3) is 0 Å². The standard InChI is InChI=1S/C14H28N2/c1-12-5-8-14(11-15,9-6-12)16-10-4-7-13(16,2)3/h12H,4-11,15H2,1-3H3. The number of hydrogen-bond acceptors (Lipinski definition) is 2. The Kier molecular flexibility index (Phi) is 3.33. The lowest BCUT2D eigenvalue weighted by atomic mass is 9.74. The molecule has 2 N–H and O–H groups in total. The zero-order valence-corrected chi connectivity index (χ0v) is 11.3. The van der Waals surface area contributed by atoms with Gasteiger partial charge in [-0.15, -0.1) is 0 Å². The highest BCUT2D eigenvalue weighted by atomic mass is 15.3.